The maximum Gasteiger partial charge on any atom is 0.321 e. The zero-order valence-electron chi connectivity index (χ0n) is 9.75. The molecular weight excluding hydrogens is 268 g/mol. The fraction of sp³-hybridized carbons (Fsp3) is 0.750. The molecule has 0 aliphatic carbocycles. The standard InChI is InChI=1S/C8H16N2O7S/c1-17-5-4-9-18(15,16)10-6(8(13)14)2-3-7(11)12/h6,9-10H,2-5H2,1H3,(H,11,12)(H,13,14)/t6-/m0/s1. The lowest BCUT2D eigenvalue weighted by molar-refractivity contribution is -0.140. The van der Waals surface area contributed by atoms with Crippen LogP contribution in [-0.4, -0.2) is 56.9 Å². The predicted molar refractivity (Wildman–Crippen MR) is 60.2 cm³/mol. The molecule has 0 aliphatic heterocycles. The van der Waals surface area contributed by atoms with Crippen LogP contribution in [0.1, 0.15) is 12.8 Å². The molecule has 0 saturated heterocycles. The highest BCUT2D eigenvalue weighted by atomic mass is 32.2. The summed E-state index contributed by atoms with van der Waals surface area (Å²) in [5.74, 6) is -2.64. The van der Waals surface area contributed by atoms with Gasteiger partial charge in [-0.3, -0.25) is 9.59 Å². The van der Waals surface area contributed by atoms with E-state index in [0.717, 1.165) is 0 Å². The Balaban J connectivity index is 4.38. The van der Waals surface area contributed by atoms with Gasteiger partial charge in [0.2, 0.25) is 0 Å². The molecule has 0 radical (unpaired) electrons. The van der Waals surface area contributed by atoms with Crippen LogP contribution in [0.3, 0.4) is 0 Å². The highest BCUT2D eigenvalue weighted by Gasteiger charge is 2.24. The Morgan fingerprint density at radius 3 is 2.39 bits per heavy atom. The highest BCUT2D eigenvalue weighted by Crippen LogP contribution is 1.99. The number of ether oxygens (including phenoxy) is 1. The van der Waals surface area contributed by atoms with E-state index in [0.29, 0.717) is 0 Å². The molecule has 0 spiro atoms. The normalized spacial score (nSPS) is 13.2. The lowest BCUT2D eigenvalue weighted by Crippen LogP contribution is -2.47. The van der Waals surface area contributed by atoms with Gasteiger partial charge in [-0.15, -0.1) is 0 Å². The Hall–Kier alpha value is -1.23. The maximum absolute atomic E-state index is 11.4. The highest BCUT2D eigenvalue weighted by molar-refractivity contribution is 7.87. The van der Waals surface area contributed by atoms with Crippen molar-refractivity contribution >= 4 is 22.1 Å². The van der Waals surface area contributed by atoms with Gasteiger partial charge in [-0.05, 0) is 6.42 Å². The zero-order chi connectivity index (χ0) is 14.2. The molecule has 0 fully saturated rings. The van der Waals surface area contributed by atoms with E-state index in [4.69, 9.17) is 10.2 Å². The van der Waals surface area contributed by atoms with E-state index >= 15 is 0 Å². The Morgan fingerprint density at radius 1 is 1.33 bits per heavy atom. The third kappa shape index (κ3) is 7.95. The minimum absolute atomic E-state index is 0.0168. The van der Waals surface area contributed by atoms with Gasteiger partial charge in [0.1, 0.15) is 6.04 Å². The van der Waals surface area contributed by atoms with Crippen LogP contribution in [0.4, 0.5) is 0 Å². The molecule has 1 atom stereocenters. The van der Waals surface area contributed by atoms with Crippen molar-refractivity contribution in [2.45, 2.75) is 18.9 Å². The number of nitrogens with one attached hydrogen (secondary N) is 2. The number of aliphatic carboxylic acids is 2. The molecule has 0 heterocycles. The van der Waals surface area contributed by atoms with Gasteiger partial charge in [-0.2, -0.15) is 17.9 Å². The molecule has 0 amide bonds. The summed E-state index contributed by atoms with van der Waals surface area (Å²) in [6.07, 6.45) is -0.784. The van der Waals surface area contributed by atoms with Crippen LogP contribution >= 0.6 is 0 Å². The second-order valence-corrected chi connectivity index (χ2v) is 4.86. The summed E-state index contributed by atoms with van der Waals surface area (Å²) >= 11 is 0. The molecule has 10 heteroatoms. The summed E-state index contributed by atoms with van der Waals surface area (Å²) in [4.78, 5) is 21.0. The van der Waals surface area contributed by atoms with Crippen LogP contribution in [0.15, 0.2) is 0 Å². The molecule has 4 N–H and O–H groups in total. The number of hydrogen-bond acceptors (Lipinski definition) is 5. The fourth-order valence-corrected chi connectivity index (χ4v) is 2.04. The van der Waals surface area contributed by atoms with Gasteiger partial charge < -0.3 is 14.9 Å². The zero-order valence-corrected chi connectivity index (χ0v) is 10.6. The number of carbonyl (C=O) groups is 2. The first-order chi connectivity index (χ1) is 8.28. The van der Waals surface area contributed by atoms with Crippen LogP contribution in [0.2, 0.25) is 0 Å². The lowest BCUT2D eigenvalue weighted by atomic mass is 10.2. The Kier molecular flexibility index (Phi) is 7.43. The fourth-order valence-electron chi connectivity index (χ4n) is 1.01. The van der Waals surface area contributed by atoms with Crippen molar-refractivity contribution in [3.63, 3.8) is 0 Å². The van der Waals surface area contributed by atoms with Gasteiger partial charge in [0.05, 0.1) is 6.61 Å². The van der Waals surface area contributed by atoms with Gasteiger partial charge >= 0.3 is 11.9 Å². The van der Waals surface area contributed by atoms with Crippen molar-refractivity contribution in [3.05, 3.63) is 0 Å². The summed E-state index contributed by atoms with van der Waals surface area (Å²) in [7, 11) is -2.62. The van der Waals surface area contributed by atoms with Gasteiger partial charge in [0.15, 0.2) is 0 Å². The monoisotopic (exact) mass is 284 g/mol. The second-order valence-electron chi connectivity index (χ2n) is 3.33. The van der Waals surface area contributed by atoms with Crippen molar-refractivity contribution < 1.29 is 33.0 Å². The number of methoxy groups -OCH3 is 1. The molecule has 0 rings (SSSR count). The Morgan fingerprint density at radius 2 is 1.94 bits per heavy atom. The molecule has 0 aliphatic rings. The summed E-state index contributed by atoms with van der Waals surface area (Å²) in [6.45, 7) is 0.116. The quantitative estimate of drug-likeness (QED) is 0.353. The predicted octanol–water partition coefficient (Wildman–Crippen LogP) is -1.63. The Bertz CT molecular complexity index is 381. The van der Waals surface area contributed by atoms with Gasteiger partial charge in [-0.25, -0.2) is 0 Å². The van der Waals surface area contributed by atoms with Crippen LogP contribution < -0.4 is 9.44 Å². The number of hydrogen-bond donors (Lipinski definition) is 4. The van der Waals surface area contributed by atoms with E-state index in [2.05, 4.69) is 9.46 Å². The van der Waals surface area contributed by atoms with E-state index in [1.54, 1.807) is 0 Å². The molecule has 0 bridgehead atoms. The smallest absolute Gasteiger partial charge is 0.321 e. The van der Waals surface area contributed by atoms with E-state index in [9.17, 15) is 18.0 Å². The third-order valence-corrected chi connectivity index (χ3v) is 3.02. The van der Waals surface area contributed by atoms with Gasteiger partial charge in [0, 0.05) is 20.1 Å². The van der Waals surface area contributed by atoms with E-state index < -0.39 is 34.6 Å². The minimum atomic E-state index is -4.00. The summed E-state index contributed by atoms with van der Waals surface area (Å²) in [5, 5.41) is 17.2. The molecule has 18 heavy (non-hydrogen) atoms. The first kappa shape index (κ1) is 16.8. The van der Waals surface area contributed by atoms with Crippen molar-refractivity contribution in [1.82, 2.24) is 9.44 Å². The summed E-state index contributed by atoms with van der Waals surface area (Å²) < 4.78 is 31.3. The molecule has 106 valence electrons. The second kappa shape index (κ2) is 7.97. The van der Waals surface area contributed by atoms with Gasteiger partial charge in [-0.1, -0.05) is 0 Å². The van der Waals surface area contributed by atoms with E-state index in [1.165, 1.54) is 7.11 Å². The van der Waals surface area contributed by atoms with Crippen molar-refractivity contribution in [1.29, 1.82) is 0 Å². The number of carboxylic acids is 2. The molecule has 0 saturated carbocycles. The molecule has 0 aromatic carbocycles. The average molecular weight is 284 g/mol. The van der Waals surface area contributed by atoms with Crippen LogP contribution in [-0.2, 0) is 24.5 Å². The number of carboxylic acid groups (broad SMARTS) is 2. The van der Waals surface area contributed by atoms with E-state index in [1.807, 2.05) is 4.72 Å². The van der Waals surface area contributed by atoms with Crippen LogP contribution in [0.5, 0.6) is 0 Å². The van der Waals surface area contributed by atoms with Gasteiger partial charge in [0.25, 0.3) is 10.2 Å². The first-order valence-electron chi connectivity index (χ1n) is 4.99. The van der Waals surface area contributed by atoms with Crippen molar-refractivity contribution in [2.24, 2.45) is 0 Å². The molecule has 9 nitrogen and oxygen atoms in total. The van der Waals surface area contributed by atoms with Crippen LogP contribution in [0, 0.1) is 0 Å². The Labute approximate surface area is 104 Å². The van der Waals surface area contributed by atoms with Crippen molar-refractivity contribution in [2.75, 3.05) is 20.3 Å². The summed E-state index contributed by atoms with van der Waals surface area (Å²) in [5.41, 5.74) is 0. The molecule has 0 unspecified atom stereocenters. The summed E-state index contributed by atoms with van der Waals surface area (Å²) in [6, 6.07) is -1.49. The molecule has 0 aromatic rings. The average Bonchev–Trinajstić information content (AvgIpc) is 2.23. The largest absolute Gasteiger partial charge is 0.481 e. The molecule has 0 aromatic heterocycles. The maximum atomic E-state index is 11.4. The van der Waals surface area contributed by atoms with Crippen LogP contribution in [0.25, 0.3) is 0 Å². The van der Waals surface area contributed by atoms with E-state index in [-0.39, 0.29) is 19.6 Å². The van der Waals surface area contributed by atoms with Crippen molar-refractivity contribution in [3.8, 4) is 0 Å². The number of rotatable bonds is 10. The first-order valence-corrected chi connectivity index (χ1v) is 6.47. The third-order valence-electron chi connectivity index (χ3n) is 1.84. The lowest BCUT2D eigenvalue weighted by Gasteiger charge is -2.14. The SMILES string of the molecule is COCCNS(=O)(=O)N[C@@H](CCC(=O)O)C(=O)O. The minimum Gasteiger partial charge on any atom is -0.481 e. The molecular formula is C8H16N2O7S. The topological polar surface area (TPSA) is 142 Å².